The molecule has 1 radical (unpaired) electrons. The van der Waals surface area contributed by atoms with Gasteiger partial charge in [0.1, 0.15) is 0 Å². The second kappa shape index (κ2) is 9.31. The normalized spacial score (nSPS) is 10.9. The molecular formula is C6H15KO4P. The molecule has 6 heteroatoms. The van der Waals surface area contributed by atoms with Crippen LogP contribution in [0.25, 0.3) is 0 Å². The van der Waals surface area contributed by atoms with Crippen molar-refractivity contribution in [1.82, 2.24) is 0 Å². The summed E-state index contributed by atoms with van der Waals surface area (Å²) in [6, 6.07) is 0. The molecule has 0 N–H and O–H groups in total. The monoisotopic (exact) mass is 221 g/mol. The molecule has 0 unspecified atom stereocenters. The molecule has 0 aromatic heterocycles. The van der Waals surface area contributed by atoms with Crippen LogP contribution in [0.4, 0.5) is 0 Å². The van der Waals surface area contributed by atoms with Crippen molar-refractivity contribution in [2.24, 2.45) is 0 Å². The third-order valence-corrected chi connectivity index (χ3v) is 2.58. The molecule has 0 aliphatic heterocycles. The minimum atomic E-state index is -3.22. The maximum absolute atomic E-state index is 11.3. The van der Waals surface area contributed by atoms with Gasteiger partial charge in [-0.05, 0) is 20.8 Å². The van der Waals surface area contributed by atoms with E-state index in [1.54, 1.807) is 20.8 Å². The van der Waals surface area contributed by atoms with Gasteiger partial charge in [-0.15, -0.1) is 0 Å². The van der Waals surface area contributed by atoms with Crippen LogP contribution in [-0.4, -0.2) is 71.2 Å². The molecule has 0 atom stereocenters. The molecule has 0 bridgehead atoms. The first kappa shape index (κ1) is 16.2. The predicted octanol–water partition coefficient (Wildman–Crippen LogP) is 1.82. The predicted molar refractivity (Wildman–Crippen MR) is 48.2 cm³/mol. The van der Waals surface area contributed by atoms with Gasteiger partial charge in [0, 0.05) is 51.4 Å². The van der Waals surface area contributed by atoms with E-state index < -0.39 is 7.82 Å². The summed E-state index contributed by atoms with van der Waals surface area (Å²) in [6.07, 6.45) is 0. The molecule has 0 heterocycles. The summed E-state index contributed by atoms with van der Waals surface area (Å²) in [4.78, 5) is 0. The zero-order valence-corrected chi connectivity index (χ0v) is 12.2. The molecule has 69 valence electrons. The van der Waals surface area contributed by atoms with E-state index in [1.807, 2.05) is 0 Å². The number of phosphoric ester groups is 1. The van der Waals surface area contributed by atoms with Crippen LogP contribution in [0.3, 0.4) is 0 Å². The van der Waals surface area contributed by atoms with Gasteiger partial charge >= 0.3 is 7.82 Å². The average molecular weight is 221 g/mol. The zero-order chi connectivity index (χ0) is 8.74. The summed E-state index contributed by atoms with van der Waals surface area (Å²) in [7, 11) is -3.22. The topological polar surface area (TPSA) is 44.8 Å². The second-order valence-electron chi connectivity index (χ2n) is 1.70. The van der Waals surface area contributed by atoms with Crippen LogP contribution in [0.1, 0.15) is 20.8 Å². The summed E-state index contributed by atoms with van der Waals surface area (Å²) < 4.78 is 25.8. The Morgan fingerprint density at radius 3 is 1.33 bits per heavy atom. The van der Waals surface area contributed by atoms with Gasteiger partial charge in [0.2, 0.25) is 0 Å². The van der Waals surface area contributed by atoms with Crippen molar-refractivity contribution in [3.05, 3.63) is 0 Å². The first-order valence-electron chi connectivity index (χ1n) is 3.72. The second-order valence-corrected chi connectivity index (χ2v) is 3.37. The fourth-order valence-corrected chi connectivity index (χ4v) is 1.76. The summed E-state index contributed by atoms with van der Waals surface area (Å²) in [5.74, 6) is 0. The van der Waals surface area contributed by atoms with Crippen molar-refractivity contribution in [2.45, 2.75) is 20.8 Å². The minimum absolute atomic E-state index is 0. The van der Waals surface area contributed by atoms with E-state index >= 15 is 0 Å². The Morgan fingerprint density at radius 1 is 0.917 bits per heavy atom. The van der Waals surface area contributed by atoms with E-state index in [0.29, 0.717) is 19.8 Å². The van der Waals surface area contributed by atoms with Gasteiger partial charge in [0.25, 0.3) is 0 Å². The summed E-state index contributed by atoms with van der Waals surface area (Å²) in [5, 5.41) is 0. The van der Waals surface area contributed by atoms with E-state index in [0.717, 1.165) is 0 Å². The van der Waals surface area contributed by atoms with Crippen LogP contribution in [-0.2, 0) is 18.1 Å². The van der Waals surface area contributed by atoms with Gasteiger partial charge in [0.15, 0.2) is 0 Å². The molecule has 0 amide bonds. The summed E-state index contributed by atoms with van der Waals surface area (Å²) in [6.45, 7) is 6.21. The van der Waals surface area contributed by atoms with Crippen LogP contribution >= 0.6 is 7.82 Å². The van der Waals surface area contributed by atoms with E-state index in [4.69, 9.17) is 13.6 Å². The molecule has 0 saturated carbocycles. The Labute approximate surface area is 116 Å². The molecule has 0 rings (SSSR count). The molecule has 0 aliphatic rings. The van der Waals surface area contributed by atoms with Gasteiger partial charge in [0.05, 0.1) is 19.8 Å². The number of rotatable bonds is 6. The third-order valence-electron chi connectivity index (χ3n) is 0.862. The smallest absolute Gasteiger partial charge is 0.287 e. The van der Waals surface area contributed by atoms with E-state index in [-0.39, 0.29) is 51.4 Å². The van der Waals surface area contributed by atoms with Crippen molar-refractivity contribution in [2.75, 3.05) is 19.8 Å². The van der Waals surface area contributed by atoms with E-state index in [1.165, 1.54) is 0 Å². The van der Waals surface area contributed by atoms with Crippen molar-refractivity contribution in [3.8, 4) is 0 Å². The van der Waals surface area contributed by atoms with E-state index in [2.05, 4.69) is 0 Å². The molecule has 0 aromatic carbocycles. The first-order valence-corrected chi connectivity index (χ1v) is 5.18. The average Bonchev–Trinajstić information content (AvgIpc) is 1.88. The van der Waals surface area contributed by atoms with E-state index in [9.17, 15) is 4.57 Å². The summed E-state index contributed by atoms with van der Waals surface area (Å²) in [5.41, 5.74) is 0. The van der Waals surface area contributed by atoms with Crippen molar-refractivity contribution >= 4 is 59.2 Å². The minimum Gasteiger partial charge on any atom is -0.287 e. The fourth-order valence-electron chi connectivity index (χ4n) is 0.586. The van der Waals surface area contributed by atoms with Gasteiger partial charge in [-0.25, -0.2) is 4.57 Å². The molecule has 0 spiro atoms. The Bertz CT molecular complexity index is 118. The molecular weight excluding hydrogens is 206 g/mol. The molecule has 0 fully saturated rings. The Hall–Kier alpha value is 1.75. The largest absolute Gasteiger partial charge is 0.474 e. The van der Waals surface area contributed by atoms with Crippen LogP contribution in [0, 0.1) is 0 Å². The van der Waals surface area contributed by atoms with Crippen LogP contribution < -0.4 is 0 Å². The Kier molecular flexibility index (Phi) is 12.6. The van der Waals surface area contributed by atoms with Crippen LogP contribution in [0.5, 0.6) is 0 Å². The SMILES string of the molecule is CCOP(=O)(OCC)OCC.[K]. The van der Waals surface area contributed by atoms with Crippen molar-refractivity contribution < 1.29 is 18.1 Å². The number of phosphoric acid groups is 1. The first-order chi connectivity index (χ1) is 5.18. The van der Waals surface area contributed by atoms with Gasteiger partial charge < -0.3 is 0 Å². The van der Waals surface area contributed by atoms with Crippen LogP contribution in [0.15, 0.2) is 0 Å². The molecule has 0 aliphatic carbocycles. The Balaban J connectivity index is 0. The standard InChI is InChI=1S/C6H15O4P.K/c1-4-8-11(7,9-5-2)10-6-3;/h4-6H2,1-3H3;. The van der Waals surface area contributed by atoms with Crippen molar-refractivity contribution in [1.29, 1.82) is 0 Å². The maximum Gasteiger partial charge on any atom is 0.474 e. The third kappa shape index (κ3) is 7.18. The number of hydrogen-bond acceptors (Lipinski definition) is 4. The molecule has 12 heavy (non-hydrogen) atoms. The van der Waals surface area contributed by atoms with Crippen LogP contribution in [0.2, 0.25) is 0 Å². The Morgan fingerprint density at radius 2 is 1.17 bits per heavy atom. The zero-order valence-electron chi connectivity index (χ0n) is 8.20. The van der Waals surface area contributed by atoms with Gasteiger partial charge in [-0.3, -0.25) is 13.6 Å². The number of hydrogen-bond donors (Lipinski definition) is 0. The maximum atomic E-state index is 11.3. The molecule has 0 saturated heterocycles. The fraction of sp³-hybridized carbons (Fsp3) is 1.00. The summed E-state index contributed by atoms with van der Waals surface area (Å²) >= 11 is 0. The molecule has 4 nitrogen and oxygen atoms in total. The molecule has 0 aromatic rings. The van der Waals surface area contributed by atoms with Gasteiger partial charge in [-0.2, -0.15) is 0 Å². The quantitative estimate of drug-likeness (QED) is 0.507. The van der Waals surface area contributed by atoms with Gasteiger partial charge in [-0.1, -0.05) is 0 Å². The van der Waals surface area contributed by atoms with Crippen molar-refractivity contribution in [3.63, 3.8) is 0 Å².